The van der Waals surface area contributed by atoms with Gasteiger partial charge in [-0.2, -0.15) is 0 Å². The molecule has 1 unspecified atom stereocenters. The van der Waals surface area contributed by atoms with Crippen molar-refractivity contribution in [2.45, 2.75) is 52.1 Å². The number of hydrogen-bond donors (Lipinski definition) is 1. The minimum atomic E-state index is -1.46. The van der Waals surface area contributed by atoms with Crippen molar-refractivity contribution in [3.8, 4) is 0 Å². The third-order valence-corrected chi connectivity index (χ3v) is 2.94. The Morgan fingerprint density at radius 2 is 1.79 bits per heavy atom. The van der Waals surface area contributed by atoms with Crippen molar-refractivity contribution < 1.29 is 4.43 Å². The Morgan fingerprint density at radius 1 is 1.29 bits per heavy atom. The van der Waals surface area contributed by atoms with Gasteiger partial charge in [-0.05, 0) is 40.4 Å². The standard InChI is InChI=1S/C10H24ClNOSi/c1-10(2,3)12-8-9(7-11)13-14(4,5)6/h9,12H,7-8H2,1-6H3. The zero-order valence-corrected chi connectivity index (χ0v) is 12.0. The highest BCUT2D eigenvalue weighted by Crippen LogP contribution is 2.09. The van der Waals surface area contributed by atoms with Gasteiger partial charge in [0.2, 0.25) is 0 Å². The van der Waals surface area contributed by atoms with E-state index in [-0.39, 0.29) is 11.6 Å². The van der Waals surface area contributed by atoms with Crippen LogP contribution in [0.15, 0.2) is 0 Å². The summed E-state index contributed by atoms with van der Waals surface area (Å²) in [5, 5.41) is 3.41. The predicted molar refractivity (Wildman–Crippen MR) is 66.7 cm³/mol. The molecule has 4 heteroatoms. The molecule has 0 rings (SSSR count). The van der Waals surface area contributed by atoms with E-state index in [4.69, 9.17) is 16.0 Å². The summed E-state index contributed by atoms with van der Waals surface area (Å²) in [6.07, 6.45) is 0.141. The van der Waals surface area contributed by atoms with E-state index in [0.29, 0.717) is 5.88 Å². The van der Waals surface area contributed by atoms with Crippen molar-refractivity contribution in [1.82, 2.24) is 5.32 Å². The zero-order chi connectivity index (χ0) is 11.4. The van der Waals surface area contributed by atoms with Gasteiger partial charge >= 0.3 is 0 Å². The molecule has 1 atom stereocenters. The van der Waals surface area contributed by atoms with Crippen molar-refractivity contribution in [2.24, 2.45) is 0 Å². The van der Waals surface area contributed by atoms with E-state index in [0.717, 1.165) is 6.54 Å². The molecule has 1 N–H and O–H groups in total. The zero-order valence-electron chi connectivity index (χ0n) is 10.3. The largest absolute Gasteiger partial charge is 0.412 e. The highest BCUT2D eigenvalue weighted by molar-refractivity contribution is 6.69. The van der Waals surface area contributed by atoms with Crippen molar-refractivity contribution >= 4 is 19.9 Å². The molecule has 0 aliphatic heterocycles. The molecule has 0 aromatic carbocycles. The smallest absolute Gasteiger partial charge is 0.184 e. The summed E-state index contributed by atoms with van der Waals surface area (Å²) < 4.78 is 5.93. The van der Waals surface area contributed by atoms with Crippen molar-refractivity contribution in [3.63, 3.8) is 0 Å². The van der Waals surface area contributed by atoms with Gasteiger partial charge in [0.15, 0.2) is 8.32 Å². The molecule has 0 aromatic heterocycles. The number of hydrogen-bond acceptors (Lipinski definition) is 2. The fourth-order valence-corrected chi connectivity index (χ4v) is 2.49. The van der Waals surface area contributed by atoms with E-state index in [9.17, 15) is 0 Å². The minimum absolute atomic E-state index is 0.132. The lowest BCUT2D eigenvalue weighted by Crippen LogP contribution is -2.45. The first-order valence-electron chi connectivity index (χ1n) is 5.13. The first-order valence-corrected chi connectivity index (χ1v) is 9.07. The van der Waals surface area contributed by atoms with Gasteiger partial charge in [-0.15, -0.1) is 11.6 Å². The van der Waals surface area contributed by atoms with Crippen LogP contribution in [0.2, 0.25) is 19.6 Å². The van der Waals surface area contributed by atoms with Crippen LogP contribution in [0.4, 0.5) is 0 Å². The van der Waals surface area contributed by atoms with Gasteiger partial charge in [-0.3, -0.25) is 0 Å². The van der Waals surface area contributed by atoms with Crippen LogP contribution in [0, 0.1) is 0 Å². The summed E-state index contributed by atoms with van der Waals surface area (Å²) in [5.41, 5.74) is 0.132. The topological polar surface area (TPSA) is 21.3 Å². The van der Waals surface area contributed by atoms with E-state index in [2.05, 4.69) is 45.7 Å². The fourth-order valence-electron chi connectivity index (χ4n) is 1.05. The van der Waals surface area contributed by atoms with Crippen LogP contribution in [0.1, 0.15) is 20.8 Å². The van der Waals surface area contributed by atoms with E-state index in [1.165, 1.54) is 0 Å². The summed E-state index contributed by atoms with van der Waals surface area (Å²) in [6, 6.07) is 0. The molecule has 0 bridgehead atoms. The van der Waals surface area contributed by atoms with Crippen LogP contribution < -0.4 is 5.32 Å². The van der Waals surface area contributed by atoms with Gasteiger partial charge in [0, 0.05) is 18.0 Å². The molecule has 86 valence electrons. The average molecular weight is 238 g/mol. The molecule has 0 spiro atoms. The molecule has 0 radical (unpaired) electrons. The average Bonchev–Trinajstić information content (AvgIpc) is 1.94. The molecule has 2 nitrogen and oxygen atoms in total. The Balaban J connectivity index is 3.93. The maximum Gasteiger partial charge on any atom is 0.184 e. The maximum absolute atomic E-state index is 5.93. The SMILES string of the molecule is CC(C)(C)NCC(CCl)O[Si](C)(C)C. The molecule has 0 heterocycles. The monoisotopic (exact) mass is 237 g/mol. The van der Waals surface area contributed by atoms with Crippen molar-refractivity contribution in [3.05, 3.63) is 0 Å². The van der Waals surface area contributed by atoms with Crippen molar-refractivity contribution in [1.29, 1.82) is 0 Å². The van der Waals surface area contributed by atoms with Gasteiger partial charge in [-0.1, -0.05) is 0 Å². The lowest BCUT2D eigenvalue weighted by atomic mass is 10.1. The molecule has 0 aromatic rings. The lowest BCUT2D eigenvalue weighted by molar-refractivity contribution is 0.199. The van der Waals surface area contributed by atoms with E-state index in [1.54, 1.807) is 0 Å². The van der Waals surface area contributed by atoms with Crippen LogP contribution in [-0.4, -0.2) is 32.4 Å². The lowest BCUT2D eigenvalue weighted by Gasteiger charge is -2.28. The molecule has 0 saturated heterocycles. The molecule has 0 amide bonds. The van der Waals surface area contributed by atoms with E-state index >= 15 is 0 Å². The summed E-state index contributed by atoms with van der Waals surface area (Å²) in [4.78, 5) is 0. The maximum atomic E-state index is 5.93. The molecule has 0 saturated carbocycles. The minimum Gasteiger partial charge on any atom is -0.412 e. The first kappa shape index (κ1) is 14.4. The van der Waals surface area contributed by atoms with Crippen LogP contribution in [0.25, 0.3) is 0 Å². The Hall–Kier alpha value is 0.427. The number of halogens is 1. The first-order chi connectivity index (χ1) is 6.14. The highest BCUT2D eigenvalue weighted by Gasteiger charge is 2.21. The van der Waals surface area contributed by atoms with Crippen LogP contribution in [-0.2, 0) is 4.43 Å². The Kier molecular flexibility index (Phi) is 5.66. The Bertz CT molecular complexity index is 162. The van der Waals surface area contributed by atoms with E-state index in [1.807, 2.05) is 0 Å². The second-order valence-electron chi connectivity index (χ2n) is 5.64. The van der Waals surface area contributed by atoms with Crippen LogP contribution in [0.5, 0.6) is 0 Å². The van der Waals surface area contributed by atoms with Gasteiger partial charge in [0.1, 0.15) is 0 Å². The highest BCUT2D eigenvalue weighted by atomic mass is 35.5. The van der Waals surface area contributed by atoms with Gasteiger partial charge in [0.05, 0.1) is 6.10 Å². The molecule has 14 heavy (non-hydrogen) atoms. The number of rotatable bonds is 5. The Labute approximate surface area is 94.5 Å². The summed E-state index contributed by atoms with van der Waals surface area (Å²) >= 11 is 5.86. The summed E-state index contributed by atoms with van der Waals surface area (Å²) in [7, 11) is -1.46. The van der Waals surface area contributed by atoms with Crippen LogP contribution >= 0.6 is 11.6 Å². The molecule has 0 fully saturated rings. The third-order valence-electron chi connectivity index (χ3n) is 1.55. The second-order valence-corrected chi connectivity index (χ2v) is 10.4. The normalized spacial score (nSPS) is 15.6. The Morgan fingerprint density at radius 3 is 2.07 bits per heavy atom. The third kappa shape index (κ3) is 9.00. The number of nitrogens with one attached hydrogen (secondary N) is 1. The van der Waals surface area contributed by atoms with Gasteiger partial charge < -0.3 is 9.74 Å². The van der Waals surface area contributed by atoms with E-state index < -0.39 is 8.32 Å². The summed E-state index contributed by atoms with van der Waals surface area (Å²) in [5.74, 6) is 0.563. The number of alkyl halides is 1. The predicted octanol–water partition coefficient (Wildman–Crippen LogP) is 2.83. The van der Waals surface area contributed by atoms with Gasteiger partial charge in [-0.25, -0.2) is 0 Å². The quantitative estimate of drug-likeness (QED) is 0.587. The molecule has 0 aliphatic rings. The van der Waals surface area contributed by atoms with Crippen molar-refractivity contribution in [2.75, 3.05) is 12.4 Å². The second kappa shape index (κ2) is 5.49. The summed E-state index contributed by atoms with van der Waals surface area (Å²) in [6.45, 7) is 13.8. The molecule has 0 aliphatic carbocycles. The molecular weight excluding hydrogens is 214 g/mol. The van der Waals surface area contributed by atoms with Crippen LogP contribution in [0.3, 0.4) is 0 Å². The van der Waals surface area contributed by atoms with Gasteiger partial charge in [0.25, 0.3) is 0 Å². The molecular formula is C10H24ClNOSi. The fraction of sp³-hybridized carbons (Fsp3) is 1.00.